The largest absolute Gasteiger partial charge is 0.634 e. The van der Waals surface area contributed by atoms with Gasteiger partial charge < -0.3 is 20.8 Å². The lowest BCUT2D eigenvalue weighted by molar-refractivity contribution is 0.115. The van der Waals surface area contributed by atoms with Gasteiger partial charge >= 0.3 is 15.1 Å². The summed E-state index contributed by atoms with van der Waals surface area (Å²) in [6, 6.07) is 20.8. The van der Waals surface area contributed by atoms with Crippen LogP contribution in [0.2, 0.25) is 0 Å². The minimum atomic E-state index is -1.97. The predicted octanol–water partition coefficient (Wildman–Crippen LogP) is 8.69. The Morgan fingerprint density at radius 2 is 1.00 bits per heavy atom. The van der Waals surface area contributed by atoms with Gasteiger partial charge in [-0.1, -0.05) is 125 Å². The Morgan fingerprint density at radius 3 is 1.48 bits per heavy atom. The molecule has 1 radical (unpaired) electrons. The van der Waals surface area contributed by atoms with E-state index in [4.69, 9.17) is 20.8 Å². The summed E-state index contributed by atoms with van der Waals surface area (Å²) in [4.78, 5) is 0. The molecule has 0 N–H and O–H groups in total. The van der Waals surface area contributed by atoms with Crippen LogP contribution in [-0.4, -0.2) is 47.2 Å². The standard InChI is InChI=1S/C30H44O4.C4H9O.Al/c31-29(21-13-3-1-2-5-15-23-33-25-27-17-9-7-10-18-27)30(32)22-14-4-6-16-24-34-26-28-19-11-8-12-20-28;1-2-3-4-5;/h7-12,17-20,29-30H,1-6,13-16,21-26H2;2-4H2,1H3;/q-2;-1;+2/t29-,30+;;/m0../s1. The van der Waals surface area contributed by atoms with Crippen LogP contribution >= 0.6 is 0 Å². The zero-order chi connectivity index (χ0) is 27.9. The molecule has 1 saturated heterocycles. The van der Waals surface area contributed by atoms with Gasteiger partial charge in [-0.2, -0.15) is 0 Å². The third-order valence-electron chi connectivity index (χ3n) is 7.52. The molecular formula is C34H53AlO5-. The first-order chi connectivity index (χ1) is 19.8. The van der Waals surface area contributed by atoms with E-state index in [-0.39, 0.29) is 12.2 Å². The fourth-order valence-electron chi connectivity index (χ4n) is 5.09. The number of rotatable bonds is 24. The normalized spacial score (nSPS) is 17.5. The summed E-state index contributed by atoms with van der Waals surface area (Å²) in [7, 11) is 0. The van der Waals surface area contributed by atoms with Crippen LogP contribution in [0.25, 0.3) is 0 Å². The summed E-state index contributed by atoms with van der Waals surface area (Å²) in [5, 5.41) is 0. The molecule has 2 atom stereocenters. The van der Waals surface area contributed by atoms with Crippen molar-refractivity contribution < 1.29 is 20.8 Å². The topological polar surface area (TPSA) is 46.2 Å². The van der Waals surface area contributed by atoms with Crippen LogP contribution in [0.15, 0.2) is 60.7 Å². The van der Waals surface area contributed by atoms with Crippen LogP contribution in [0.5, 0.6) is 0 Å². The first-order valence-electron chi connectivity index (χ1n) is 16.0. The van der Waals surface area contributed by atoms with Gasteiger partial charge in [0, 0.05) is 25.4 Å². The summed E-state index contributed by atoms with van der Waals surface area (Å²) < 4.78 is 30.3. The first kappa shape index (κ1) is 33.3. The maximum Gasteiger partial charge on any atom is 0.559 e. The van der Waals surface area contributed by atoms with Crippen molar-refractivity contribution in [2.75, 3.05) is 19.8 Å². The van der Waals surface area contributed by atoms with Gasteiger partial charge in [0.25, 0.3) is 0 Å². The monoisotopic (exact) mass is 568 g/mol. The maximum absolute atomic E-state index is 6.34. The average Bonchev–Trinajstić information content (AvgIpc) is 3.38. The van der Waals surface area contributed by atoms with E-state index in [1.165, 1.54) is 62.5 Å². The smallest absolute Gasteiger partial charge is 0.559 e. The van der Waals surface area contributed by atoms with Gasteiger partial charge in [0.15, 0.2) is 0 Å². The van der Waals surface area contributed by atoms with Crippen molar-refractivity contribution in [2.45, 2.75) is 122 Å². The van der Waals surface area contributed by atoms with E-state index in [1.54, 1.807) is 0 Å². The number of hydrogen-bond donors (Lipinski definition) is 0. The molecule has 0 bridgehead atoms. The van der Waals surface area contributed by atoms with Crippen molar-refractivity contribution in [3.8, 4) is 0 Å². The van der Waals surface area contributed by atoms with E-state index < -0.39 is 15.1 Å². The molecule has 0 unspecified atom stereocenters. The number of hydrogen-bond acceptors (Lipinski definition) is 5. The Bertz CT molecular complexity index is 837. The second kappa shape index (κ2) is 22.4. The van der Waals surface area contributed by atoms with E-state index in [0.717, 1.165) is 65.0 Å². The molecule has 3 rings (SSSR count). The molecule has 5 nitrogen and oxygen atoms in total. The Labute approximate surface area is 249 Å². The Kier molecular flexibility index (Phi) is 18.6. The highest BCUT2D eigenvalue weighted by molar-refractivity contribution is 6.37. The molecule has 0 spiro atoms. The molecule has 40 heavy (non-hydrogen) atoms. The molecule has 0 aliphatic carbocycles. The average molecular weight is 569 g/mol. The lowest BCUT2D eigenvalue weighted by atomic mass is 10.00. The molecule has 0 aromatic heterocycles. The highest BCUT2D eigenvalue weighted by atomic mass is 27.3. The summed E-state index contributed by atoms with van der Waals surface area (Å²) >= 11 is -1.97. The number of benzene rings is 2. The molecular weight excluding hydrogens is 515 g/mol. The van der Waals surface area contributed by atoms with Gasteiger partial charge in [0.05, 0.1) is 13.2 Å². The third kappa shape index (κ3) is 15.1. The van der Waals surface area contributed by atoms with Crippen molar-refractivity contribution in [1.29, 1.82) is 0 Å². The fourth-order valence-corrected chi connectivity index (χ4v) is 6.87. The number of unbranched alkanes of at least 4 members (excludes halogenated alkanes) is 9. The highest BCUT2D eigenvalue weighted by Crippen LogP contribution is 2.27. The molecule has 2 aromatic rings. The summed E-state index contributed by atoms with van der Waals surface area (Å²) in [6.45, 7) is 6.09. The van der Waals surface area contributed by atoms with Gasteiger partial charge in [0.2, 0.25) is 0 Å². The predicted molar refractivity (Wildman–Crippen MR) is 164 cm³/mol. The van der Waals surface area contributed by atoms with E-state index in [2.05, 4.69) is 55.5 Å². The van der Waals surface area contributed by atoms with Crippen molar-refractivity contribution in [3.05, 3.63) is 71.8 Å². The lowest BCUT2D eigenvalue weighted by Gasteiger charge is -2.24. The second-order valence-corrected chi connectivity index (χ2v) is 12.5. The Morgan fingerprint density at radius 1 is 0.550 bits per heavy atom. The first-order valence-corrected chi connectivity index (χ1v) is 17.4. The zero-order valence-electron chi connectivity index (χ0n) is 25.0. The van der Waals surface area contributed by atoms with E-state index in [0.29, 0.717) is 6.61 Å². The minimum absolute atomic E-state index is 0.217. The summed E-state index contributed by atoms with van der Waals surface area (Å²) in [5.41, 5.74) is 2.50. The minimum Gasteiger partial charge on any atom is -0.634 e. The van der Waals surface area contributed by atoms with Crippen LogP contribution in [0.1, 0.15) is 108 Å². The van der Waals surface area contributed by atoms with Crippen molar-refractivity contribution >= 4 is 15.1 Å². The molecule has 6 heteroatoms. The second-order valence-electron chi connectivity index (χ2n) is 11.1. The van der Waals surface area contributed by atoms with Crippen LogP contribution in [0.4, 0.5) is 0 Å². The van der Waals surface area contributed by atoms with E-state index in [9.17, 15) is 0 Å². The molecule has 2 aromatic carbocycles. The van der Waals surface area contributed by atoms with E-state index >= 15 is 0 Å². The molecule has 223 valence electrons. The van der Waals surface area contributed by atoms with Gasteiger partial charge in [-0.25, -0.2) is 0 Å². The highest BCUT2D eigenvalue weighted by Gasteiger charge is 2.31. The quantitative estimate of drug-likeness (QED) is 0.0936. The third-order valence-corrected chi connectivity index (χ3v) is 9.17. The molecule has 1 aliphatic rings. The van der Waals surface area contributed by atoms with Crippen molar-refractivity contribution in [2.24, 2.45) is 0 Å². The van der Waals surface area contributed by atoms with Crippen LogP contribution in [0, 0.1) is 0 Å². The van der Waals surface area contributed by atoms with Crippen LogP contribution in [-0.2, 0) is 34.1 Å². The lowest BCUT2D eigenvalue weighted by Crippen LogP contribution is -2.22. The van der Waals surface area contributed by atoms with E-state index in [1.807, 2.05) is 12.1 Å². The molecule has 1 aliphatic heterocycles. The van der Waals surface area contributed by atoms with Crippen LogP contribution in [0.3, 0.4) is 0 Å². The maximum atomic E-state index is 6.34. The summed E-state index contributed by atoms with van der Waals surface area (Å²) in [6.07, 6.45) is 17.0. The molecule has 0 amide bonds. The SMILES string of the molecule is CCCC[O][Al-]1[O][C@@H](CCCCCCCCOCc2ccccc2)[C@@H](CCCCCCOCc2ccccc2)[O]1. The molecule has 0 saturated carbocycles. The van der Waals surface area contributed by atoms with Gasteiger partial charge in [-0.3, -0.25) is 0 Å². The zero-order valence-corrected chi connectivity index (χ0v) is 26.1. The van der Waals surface area contributed by atoms with Gasteiger partial charge in [0.1, 0.15) is 0 Å². The molecule has 1 fully saturated rings. The Hall–Kier alpha value is -1.23. The van der Waals surface area contributed by atoms with Crippen molar-refractivity contribution in [1.82, 2.24) is 0 Å². The van der Waals surface area contributed by atoms with Crippen molar-refractivity contribution in [3.63, 3.8) is 0 Å². The Balaban J connectivity index is 1.20. The fraction of sp³-hybridized carbons (Fsp3) is 0.647. The van der Waals surface area contributed by atoms with Crippen LogP contribution < -0.4 is 0 Å². The number of ether oxygens (including phenoxy) is 2. The van der Waals surface area contributed by atoms with Gasteiger partial charge in [-0.15, -0.1) is 0 Å². The summed E-state index contributed by atoms with van der Waals surface area (Å²) in [5.74, 6) is 0. The van der Waals surface area contributed by atoms with Gasteiger partial charge in [-0.05, 0) is 49.8 Å². The molecule has 1 heterocycles.